The number of thiol groups is 1. The third kappa shape index (κ3) is 2.43. The first kappa shape index (κ1) is 12.0. The van der Waals surface area contributed by atoms with Crippen LogP contribution in [0, 0.1) is 0 Å². The fraction of sp³-hybridized carbons (Fsp3) is 0.417. The molecule has 0 spiro atoms. The van der Waals surface area contributed by atoms with E-state index in [2.05, 4.69) is 35.5 Å². The summed E-state index contributed by atoms with van der Waals surface area (Å²) in [6, 6.07) is 8.24. The van der Waals surface area contributed by atoms with Crippen LogP contribution in [-0.2, 0) is 4.79 Å². The van der Waals surface area contributed by atoms with Crippen LogP contribution < -0.4 is 0 Å². The first-order chi connectivity index (χ1) is 7.58. The number of rotatable bonds is 2. The maximum atomic E-state index is 11.7. The van der Waals surface area contributed by atoms with E-state index in [9.17, 15) is 4.79 Å². The van der Waals surface area contributed by atoms with E-state index in [4.69, 9.17) is 0 Å². The Morgan fingerprint density at radius 2 is 2.06 bits per heavy atom. The van der Waals surface area contributed by atoms with Gasteiger partial charge in [-0.25, -0.2) is 0 Å². The molecule has 16 heavy (non-hydrogen) atoms. The molecule has 1 aromatic rings. The first-order valence-corrected chi connectivity index (χ1v) is 6.62. The van der Waals surface area contributed by atoms with Gasteiger partial charge in [-0.3, -0.25) is 4.79 Å². The lowest BCUT2D eigenvalue weighted by molar-refractivity contribution is -0.129. The quantitative estimate of drug-likeness (QED) is 0.832. The predicted octanol–water partition coefficient (Wildman–Crippen LogP) is 3.04. The molecule has 0 bridgehead atoms. The molecule has 86 valence electrons. The summed E-state index contributed by atoms with van der Waals surface area (Å²) < 4.78 is 1.06. The van der Waals surface area contributed by atoms with Crippen LogP contribution >= 0.6 is 28.6 Å². The number of hydrogen-bond acceptors (Lipinski definition) is 2. The standard InChI is InChI=1S/C12H14BrNOS/c1-8(9-2-4-10(13)5-3-9)14-7-11(16)6-12(14)15/h2-5,8,11,16H,6-7H2,1H3/t8-,11?/m0/s1. The molecule has 1 amide bonds. The summed E-state index contributed by atoms with van der Waals surface area (Å²) in [5.41, 5.74) is 1.17. The number of benzene rings is 1. The zero-order valence-corrected chi connectivity index (χ0v) is 11.5. The summed E-state index contributed by atoms with van der Waals surface area (Å²) in [4.78, 5) is 13.6. The maximum absolute atomic E-state index is 11.7. The first-order valence-electron chi connectivity index (χ1n) is 5.31. The minimum Gasteiger partial charge on any atom is -0.335 e. The fourth-order valence-corrected chi connectivity index (χ4v) is 2.60. The van der Waals surface area contributed by atoms with E-state index in [1.54, 1.807) is 0 Å². The summed E-state index contributed by atoms with van der Waals surface area (Å²) in [6.07, 6.45) is 0.560. The Hall–Kier alpha value is -0.480. The van der Waals surface area contributed by atoms with E-state index >= 15 is 0 Å². The van der Waals surface area contributed by atoms with E-state index in [1.807, 2.05) is 29.2 Å². The van der Waals surface area contributed by atoms with E-state index in [1.165, 1.54) is 5.56 Å². The van der Waals surface area contributed by atoms with Gasteiger partial charge in [0, 0.05) is 22.7 Å². The van der Waals surface area contributed by atoms with Gasteiger partial charge in [0.05, 0.1) is 6.04 Å². The average Bonchev–Trinajstić information content (AvgIpc) is 2.58. The fourth-order valence-electron chi connectivity index (χ4n) is 2.01. The normalized spacial score (nSPS) is 22.6. The van der Waals surface area contributed by atoms with Crippen molar-refractivity contribution in [1.82, 2.24) is 4.90 Å². The number of amides is 1. The van der Waals surface area contributed by atoms with Gasteiger partial charge in [-0.2, -0.15) is 12.6 Å². The lowest BCUT2D eigenvalue weighted by Gasteiger charge is -2.24. The molecule has 1 aromatic carbocycles. The van der Waals surface area contributed by atoms with Crippen molar-refractivity contribution in [2.45, 2.75) is 24.6 Å². The van der Waals surface area contributed by atoms with Crippen LogP contribution in [0.3, 0.4) is 0 Å². The number of carbonyl (C=O) groups is 1. The molecule has 2 rings (SSSR count). The summed E-state index contributed by atoms with van der Waals surface area (Å²) in [5, 5.41) is 0.186. The lowest BCUT2D eigenvalue weighted by atomic mass is 10.1. The van der Waals surface area contributed by atoms with Crippen LogP contribution in [-0.4, -0.2) is 22.6 Å². The molecule has 0 N–H and O–H groups in total. The zero-order chi connectivity index (χ0) is 11.7. The van der Waals surface area contributed by atoms with Gasteiger partial charge in [-0.1, -0.05) is 28.1 Å². The topological polar surface area (TPSA) is 20.3 Å². The zero-order valence-electron chi connectivity index (χ0n) is 9.06. The SMILES string of the molecule is C[C@@H](c1ccc(Br)cc1)N1CC(S)CC1=O. The Morgan fingerprint density at radius 1 is 1.44 bits per heavy atom. The van der Waals surface area contributed by atoms with Gasteiger partial charge in [-0.15, -0.1) is 0 Å². The second-order valence-electron chi connectivity index (χ2n) is 4.13. The largest absolute Gasteiger partial charge is 0.335 e. The average molecular weight is 300 g/mol. The second-order valence-corrected chi connectivity index (χ2v) is 5.78. The molecule has 0 aromatic heterocycles. The van der Waals surface area contributed by atoms with Gasteiger partial charge < -0.3 is 4.90 Å². The Labute approximate surface area is 110 Å². The minimum atomic E-state index is 0.137. The van der Waals surface area contributed by atoms with Crippen molar-refractivity contribution in [3.63, 3.8) is 0 Å². The van der Waals surface area contributed by atoms with Gasteiger partial charge in [0.15, 0.2) is 0 Å². The summed E-state index contributed by atoms with van der Waals surface area (Å²) in [7, 11) is 0. The van der Waals surface area contributed by atoms with E-state index in [0.29, 0.717) is 6.42 Å². The molecule has 2 atom stereocenters. The van der Waals surface area contributed by atoms with Crippen molar-refractivity contribution in [2.75, 3.05) is 6.54 Å². The number of hydrogen-bond donors (Lipinski definition) is 1. The highest BCUT2D eigenvalue weighted by Gasteiger charge is 2.31. The molecule has 0 saturated carbocycles. The highest BCUT2D eigenvalue weighted by molar-refractivity contribution is 9.10. The van der Waals surface area contributed by atoms with Crippen molar-refractivity contribution in [3.8, 4) is 0 Å². The molecule has 2 nitrogen and oxygen atoms in total. The molecule has 0 radical (unpaired) electrons. The number of nitrogens with zero attached hydrogens (tertiary/aromatic N) is 1. The summed E-state index contributed by atoms with van der Waals surface area (Å²) >= 11 is 7.77. The summed E-state index contributed by atoms with van der Waals surface area (Å²) in [6.45, 7) is 2.81. The molecule has 4 heteroatoms. The maximum Gasteiger partial charge on any atom is 0.224 e. The van der Waals surface area contributed by atoms with Crippen LogP contribution in [0.4, 0.5) is 0 Å². The monoisotopic (exact) mass is 299 g/mol. The second kappa shape index (κ2) is 4.80. The molecular formula is C12H14BrNOS. The highest BCUT2D eigenvalue weighted by Crippen LogP contribution is 2.28. The lowest BCUT2D eigenvalue weighted by Crippen LogP contribution is -2.28. The molecule has 1 aliphatic rings. The van der Waals surface area contributed by atoms with Crippen molar-refractivity contribution in [3.05, 3.63) is 34.3 Å². The minimum absolute atomic E-state index is 0.137. The molecule has 1 unspecified atom stereocenters. The number of carbonyl (C=O) groups excluding carboxylic acids is 1. The van der Waals surface area contributed by atoms with Gasteiger partial charge in [0.25, 0.3) is 0 Å². The Bertz CT molecular complexity index is 393. The molecule has 1 aliphatic heterocycles. The molecule has 1 heterocycles. The van der Waals surface area contributed by atoms with Crippen LogP contribution in [0.5, 0.6) is 0 Å². The van der Waals surface area contributed by atoms with Crippen LogP contribution in [0.1, 0.15) is 24.9 Å². The number of likely N-dealkylation sites (tertiary alicyclic amines) is 1. The summed E-state index contributed by atoms with van der Waals surface area (Å²) in [5.74, 6) is 0.204. The Morgan fingerprint density at radius 3 is 2.56 bits per heavy atom. The van der Waals surface area contributed by atoms with Crippen molar-refractivity contribution >= 4 is 34.5 Å². The van der Waals surface area contributed by atoms with Gasteiger partial charge in [0.2, 0.25) is 5.91 Å². The highest BCUT2D eigenvalue weighted by atomic mass is 79.9. The smallest absolute Gasteiger partial charge is 0.224 e. The van der Waals surface area contributed by atoms with E-state index in [0.717, 1.165) is 11.0 Å². The van der Waals surface area contributed by atoms with E-state index < -0.39 is 0 Å². The van der Waals surface area contributed by atoms with Crippen molar-refractivity contribution in [2.24, 2.45) is 0 Å². The molecule has 1 saturated heterocycles. The van der Waals surface area contributed by atoms with Crippen molar-refractivity contribution < 1.29 is 4.79 Å². The Kier molecular flexibility index (Phi) is 3.60. The van der Waals surface area contributed by atoms with Crippen LogP contribution in [0.2, 0.25) is 0 Å². The van der Waals surface area contributed by atoms with Crippen LogP contribution in [0.25, 0.3) is 0 Å². The van der Waals surface area contributed by atoms with Gasteiger partial charge in [-0.05, 0) is 24.6 Å². The predicted molar refractivity (Wildman–Crippen MR) is 71.7 cm³/mol. The molecule has 1 fully saturated rings. The Balaban J connectivity index is 2.16. The van der Waals surface area contributed by atoms with Gasteiger partial charge in [0.1, 0.15) is 0 Å². The molecule has 0 aliphatic carbocycles. The number of halogens is 1. The van der Waals surface area contributed by atoms with Gasteiger partial charge >= 0.3 is 0 Å². The third-order valence-corrected chi connectivity index (χ3v) is 3.83. The third-order valence-electron chi connectivity index (χ3n) is 2.96. The van der Waals surface area contributed by atoms with Crippen LogP contribution in [0.15, 0.2) is 28.7 Å². The molecular weight excluding hydrogens is 286 g/mol. The van der Waals surface area contributed by atoms with E-state index in [-0.39, 0.29) is 17.2 Å². The van der Waals surface area contributed by atoms with Crippen molar-refractivity contribution in [1.29, 1.82) is 0 Å².